The predicted octanol–water partition coefficient (Wildman–Crippen LogP) is 2.15. The minimum absolute atomic E-state index is 0.0205. The van der Waals surface area contributed by atoms with E-state index in [1.54, 1.807) is 0 Å². The minimum atomic E-state index is -0.833. The Bertz CT molecular complexity index is 579. The zero-order valence-electron chi connectivity index (χ0n) is 23.9. The van der Waals surface area contributed by atoms with E-state index in [4.69, 9.17) is 62.0 Å². The summed E-state index contributed by atoms with van der Waals surface area (Å²) in [6, 6.07) is 0. The van der Waals surface area contributed by atoms with Gasteiger partial charge in [0.05, 0.1) is 6.61 Å². The second-order valence-corrected chi connectivity index (χ2v) is 8.26. The van der Waals surface area contributed by atoms with Crippen molar-refractivity contribution < 1.29 is 39.4 Å². The summed E-state index contributed by atoms with van der Waals surface area (Å²) >= 11 is 0. The van der Waals surface area contributed by atoms with E-state index in [1.165, 1.54) is 51.4 Å². The lowest BCUT2D eigenvalue weighted by atomic mass is 10.1. The van der Waals surface area contributed by atoms with Crippen molar-refractivity contribution in [1.82, 2.24) is 10.8 Å². The lowest BCUT2D eigenvalue weighted by molar-refractivity contribution is -0.135. The van der Waals surface area contributed by atoms with Crippen molar-refractivity contribution in [3.8, 4) is 0 Å². The van der Waals surface area contributed by atoms with Crippen molar-refractivity contribution in [2.24, 2.45) is 22.4 Å². The molecule has 0 unspecified atom stereocenters. The van der Waals surface area contributed by atoms with Gasteiger partial charge in [0.2, 0.25) is 11.9 Å². The van der Waals surface area contributed by atoms with Gasteiger partial charge in [-0.25, -0.2) is 5.48 Å². The average molecular weight is 568 g/mol. The third-order valence-electron chi connectivity index (χ3n) is 4.04. The number of nitrogens with one attached hydrogen (secondary N) is 3. The van der Waals surface area contributed by atoms with E-state index >= 15 is 0 Å². The molecule has 0 fully saturated rings. The van der Waals surface area contributed by atoms with Crippen LogP contribution in [0.15, 0.2) is 5.16 Å². The van der Waals surface area contributed by atoms with E-state index < -0.39 is 17.9 Å². The summed E-state index contributed by atoms with van der Waals surface area (Å²) in [4.78, 5) is 36.9. The molecule has 0 radical (unpaired) electrons. The van der Waals surface area contributed by atoms with Crippen LogP contribution in [0.3, 0.4) is 0 Å². The molecule has 39 heavy (non-hydrogen) atoms. The van der Waals surface area contributed by atoms with Crippen molar-refractivity contribution in [2.45, 2.75) is 97.8 Å². The summed E-state index contributed by atoms with van der Waals surface area (Å²) in [5.41, 5.74) is 17.8. The molecule has 12 N–H and O–H groups in total. The number of oxime groups is 1. The van der Waals surface area contributed by atoms with Crippen LogP contribution in [0.1, 0.15) is 97.8 Å². The molecule has 232 valence electrons. The van der Waals surface area contributed by atoms with Crippen LogP contribution in [0.2, 0.25) is 0 Å². The average Bonchev–Trinajstić information content (AvgIpc) is 2.78. The fourth-order valence-electron chi connectivity index (χ4n) is 2.63. The number of guanidine groups is 2. The molecule has 0 saturated carbocycles. The second kappa shape index (κ2) is 36.8. The predicted molar refractivity (Wildman–Crippen MR) is 151 cm³/mol. The first-order chi connectivity index (χ1) is 18.3. The second-order valence-electron chi connectivity index (χ2n) is 8.26. The highest BCUT2D eigenvalue weighted by Gasteiger charge is 1.95. The molecular formula is C24H53N7O8. The molecule has 0 aromatic rings. The molecule has 0 aliphatic heterocycles. The Balaban J connectivity index is -0.000000424. The van der Waals surface area contributed by atoms with E-state index in [2.05, 4.69) is 16.0 Å². The summed E-state index contributed by atoms with van der Waals surface area (Å²) in [5, 5.41) is 36.2. The summed E-state index contributed by atoms with van der Waals surface area (Å²) in [7, 11) is 0. The maximum Gasteiger partial charge on any atom is 0.300 e. The van der Waals surface area contributed by atoms with Gasteiger partial charge in [0, 0.05) is 20.8 Å². The number of nitrogens with zero attached hydrogens (tertiary/aromatic N) is 1. The van der Waals surface area contributed by atoms with Crippen LogP contribution < -0.4 is 28.0 Å². The summed E-state index contributed by atoms with van der Waals surface area (Å²) in [6.07, 6.45) is 14.4. The molecule has 0 amide bonds. The number of nitrogens with two attached hydrogens (primary N) is 3. The lowest BCUT2D eigenvalue weighted by Gasteiger charge is -2.06. The van der Waals surface area contributed by atoms with E-state index in [1.807, 2.05) is 0 Å². The Labute approximate surface area is 232 Å². The van der Waals surface area contributed by atoms with Gasteiger partial charge in [-0.05, 0) is 50.3 Å². The molecule has 0 bridgehead atoms. The number of unbranched alkanes of at least 4 members (excludes halogenated alkanes) is 10. The first-order valence-electron chi connectivity index (χ1n) is 13.0. The van der Waals surface area contributed by atoms with Crippen molar-refractivity contribution >= 4 is 29.8 Å². The van der Waals surface area contributed by atoms with E-state index in [0.717, 1.165) is 59.5 Å². The molecule has 0 aliphatic rings. The number of carbonyl (C=O) groups is 3. The van der Waals surface area contributed by atoms with Crippen LogP contribution in [-0.2, 0) is 24.1 Å². The van der Waals surface area contributed by atoms with Gasteiger partial charge in [-0.3, -0.25) is 24.6 Å². The Morgan fingerprint density at radius 1 is 0.667 bits per heavy atom. The number of hydrogen-bond donors (Lipinski definition) is 9. The number of carboxylic acids is 3. The topological polar surface area (TPSA) is 269 Å². The van der Waals surface area contributed by atoms with Crippen molar-refractivity contribution in [3.05, 3.63) is 0 Å². The number of carboxylic acid groups (broad SMARTS) is 3. The van der Waals surface area contributed by atoms with Gasteiger partial charge >= 0.3 is 0 Å². The lowest BCUT2D eigenvalue weighted by Crippen LogP contribution is -2.30. The Hall–Kier alpha value is -3.33. The zero-order valence-corrected chi connectivity index (χ0v) is 23.9. The highest BCUT2D eigenvalue weighted by atomic mass is 16.6. The van der Waals surface area contributed by atoms with Crippen LogP contribution in [-0.4, -0.2) is 71.4 Å². The van der Waals surface area contributed by atoms with Gasteiger partial charge in [-0.15, -0.1) is 0 Å². The van der Waals surface area contributed by atoms with E-state index in [-0.39, 0.29) is 11.9 Å². The van der Waals surface area contributed by atoms with Gasteiger partial charge in [0.25, 0.3) is 17.9 Å². The molecule has 0 atom stereocenters. The Kier molecular flexibility index (Phi) is 40.4. The highest BCUT2D eigenvalue weighted by Crippen LogP contribution is 2.06. The normalized spacial score (nSPS) is 9.21. The first-order valence-corrected chi connectivity index (χ1v) is 13.0. The maximum absolute atomic E-state index is 9.00. The third-order valence-corrected chi connectivity index (χ3v) is 4.04. The summed E-state index contributed by atoms with van der Waals surface area (Å²) < 4.78 is 0. The smallest absolute Gasteiger partial charge is 0.300 e. The maximum atomic E-state index is 9.00. The first kappa shape index (κ1) is 42.7. The van der Waals surface area contributed by atoms with Crippen LogP contribution in [0.25, 0.3) is 0 Å². The Morgan fingerprint density at radius 3 is 1.36 bits per heavy atom. The quantitative estimate of drug-likeness (QED) is 0.0442. The van der Waals surface area contributed by atoms with Crippen LogP contribution in [0.4, 0.5) is 0 Å². The molecule has 0 rings (SSSR count). The van der Waals surface area contributed by atoms with Gasteiger partial charge in [0.15, 0.2) is 0 Å². The molecular weight excluding hydrogens is 514 g/mol. The van der Waals surface area contributed by atoms with Gasteiger partial charge in [0.1, 0.15) is 6.61 Å². The molecule has 0 spiro atoms. The zero-order chi connectivity index (χ0) is 30.7. The largest absolute Gasteiger partial charge is 0.481 e. The molecule has 15 heteroatoms. The number of aliphatic carboxylic acids is 3. The molecule has 0 aliphatic carbocycles. The molecule has 0 saturated heterocycles. The number of hydrogen-bond acceptors (Lipinski definition) is 8. The van der Waals surface area contributed by atoms with Crippen LogP contribution >= 0.6 is 0 Å². The van der Waals surface area contributed by atoms with Crippen molar-refractivity contribution in [1.29, 1.82) is 5.41 Å². The molecule has 15 nitrogen and oxygen atoms in total. The summed E-state index contributed by atoms with van der Waals surface area (Å²) in [6.45, 7) is 6.68. The molecule has 0 aromatic carbocycles. The monoisotopic (exact) mass is 567 g/mol. The van der Waals surface area contributed by atoms with Gasteiger partial charge in [-0.2, -0.15) is 0 Å². The van der Waals surface area contributed by atoms with E-state index in [9.17, 15) is 0 Å². The van der Waals surface area contributed by atoms with Crippen molar-refractivity contribution in [2.75, 3.05) is 26.3 Å². The number of rotatable bonds is 20. The molecule has 0 heterocycles. The van der Waals surface area contributed by atoms with Gasteiger partial charge < -0.3 is 42.7 Å². The fourth-order valence-corrected chi connectivity index (χ4v) is 2.63. The van der Waals surface area contributed by atoms with E-state index in [0.29, 0.717) is 13.2 Å². The standard InChI is InChI=1S/C18H41N7O2.3C2H4O2/c19-17(20)24-26-15-11-7-3-1-5-9-13-23-14-10-6-2-4-8-12-16-27-25-18(21)22;3*1-2(3)4/h23H,1-16H2,(H4,19,20,24)(H4,21,22,25);3*1H3,(H,3,4). The van der Waals surface area contributed by atoms with Gasteiger partial charge in [-0.1, -0.05) is 44.9 Å². The minimum Gasteiger partial charge on any atom is -0.481 e. The van der Waals surface area contributed by atoms with Crippen LogP contribution in [0.5, 0.6) is 0 Å². The molecule has 0 aromatic heterocycles. The fraction of sp³-hybridized carbons (Fsp3) is 0.792. The number of hydroxylamine groups is 1. The third kappa shape index (κ3) is 86.6. The SMILES string of the molecule is CC(=O)O.CC(=O)O.CC(=O)O.N=C(N)NOCCCCCCCCNCCCCCCCCON=C(N)N. The van der Waals surface area contributed by atoms with Crippen LogP contribution in [0, 0.1) is 5.41 Å². The van der Waals surface area contributed by atoms with Crippen molar-refractivity contribution in [3.63, 3.8) is 0 Å². The Morgan fingerprint density at radius 2 is 1.00 bits per heavy atom. The highest BCUT2D eigenvalue weighted by molar-refractivity contribution is 5.74. The summed E-state index contributed by atoms with van der Waals surface area (Å²) in [5.74, 6) is -2.67.